The fourth-order valence-corrected chi connectivity index (χ4v) is 3.39. The zero-order valence-electron chi connectivity index (χ0n) is 15.6. The van der Waals surface area contributed by atoms with E-state index in [1.165, 1.54) is 0 Å². The largest absolute Gasteiger partial charge is 0.454 e. The molecule has 0 unspecified atom stereocenters. The Morgan fingerprint density at radius 3 is 2.46 bits per heavy atom. The number of hydrogen-bond donors (Lipinski definition) is 1. The second-order valence-electron chi connectivity index (χ2n) is 6.87. The van der Waals surface area contributed by atoms with E-state index in [4.69, 9.17) is 9.47 Å². The molecule has 0 saturated carbocycles. The highest BCUT2D eigenvalue weighted by Gasteiger charge is 2.24. The average Bonchev–Trinajstić information content (AvgIpc) is 3.21. The third-order valence-corrected chi connectivity index (χ3v) is 4.99. The lowest BCUT2D eigenvalue weighted by atomic mass is 10.1. The summed E-state index contributed by atoms with van der Waals surface area (Å²) in [4.78, 5) is 28.9. The van der Waals surface area contributed by atoms with Crippen LogP contribution in [0.4, 0.5) is 5.69 Å². The van der Waals surface area contributed by atoms with Gasteiger partial charge in [0.1, 0.15) is 0 Å². The SMILES string of the molecule is O=C(CCN1CCN(C(=O)c2ccc3c(c2)OCO3)CC1)Nc1ccccc1. The number of fused-ring (bicyclic) bond motifs is 1. The summed E-state index contributed by atoms with van der Waals surface area (Å²) in [5.41, 5.74) is 1.42. The number of amides is 2. The minimum Gasteiger partial charge on any atom is -0.454 e. The number of hydrogen-bond acceptors (Lipinski definition) is 5. The van der Waals surface area contributed by atoms with E-state index in [1.807, 2.05) is 35.2 Å². The van der Waals surface area contributed by atoms with E-state index >= 15 is 0 Å². The van der Waals surface area contributed by atoms with Crippen LogP contribution in [0.2, 0.25) is 0 Å². The molecule has 2 amide bonds. The van der Waals surface area contributed by atoms with E-state index in [9.17, 15) is 9.59 Å². The molecule has 0 bridgehead atoms. The minimum absolute atomic E-state index is 0.000212. The van der Waals surface area contributed by atoms with Crippen molar-refractivity contribution in [2.75, 3.05) is 44.8 Å². The topological polar surface area (TPSA) is 71.1 Å². The number of nitrogens with one attached hydrogen (secondary N) is 1. The lowest BCUT2D eigenvalue weighted by Crippen LogP contribution is -2.49. The highest BCUT2D eigenvalue weighted by Crippen LogP contribution is 2.32. The molecule has 1 saturated heterocycles. The predicted molar refractivity (Wildman–Crippen MR) is 105 cm³/mol. The van der Waals surface area contributed by atoms with E-state index < -0.39 is 0 Å². The lowest BCUT2D eigenvalue weighted by molar-refractivity contribution is -0.116. The van der Waals surface area contributed by atoms with Crippen molar-refractivity contribution in [3.63, 3.8) is 0 Å². The van der Waals surface area contributed by atoms with E-state index in [1.54, 1.807) is 18.2 Å². The number of nitrogens with zero attached hydrogens (tertiary/aromatic N) is 2. The zero-order valence-corrected chi connectivity index (χ0v) is 15.6. The molecule has 2 aromatic carbocycles. The van der Waals surface area contributed by atoms with Crippen LogP contribution in [0.25, 0.3) is 0 Å². The maximum atomic E-state index is 12.7. The molecule has 0 aliphatic carbocycles. The first-order valence-electron chi connectivity index (χ1n) is 9.45. The van der Waals surface area contributed by atoms with Gasteiger partial charge in [0.25, 0.3) is 5.91 Å². The van der Waals surface area contributed by atoms with Gasteiger partial charge in [-0.3, -0.25) is 14.5 Å². The molecule has 7 heteroatoms. The van der Waals surface area contributed by atoms with Gasteiger partial charge >= 0.3 is 0 Å². The number of para-hydroxylation sites is 1. The Hall–Kier alpha value is -3.06. The van der Waals surface area contributed by atoms with Gasteiger partial charge < -0.3 is 19.7 Å². The van der Waals surface area contributed by atoms with Crippen LogP contribution in [-0.4, -0.2) is 61.1 Å². The molecule has 2 aliphatic heterocycles. The summed E-state index contributed by atoms with van der Waals surface area (Å²) in [7, 11) is 0. The number of carbonyl (C=O) groups is 2. The van der Waals surface area contributed by atoms with Crippen molar-refractivity contribution < 1.29 is 19.1 Å². The second kappa shape index (κ2) is 8.31. The van der Waals surface area contributed by atoms with Gasteiger partial charge in [-0.25, -0.2) is 0 Å². The van der Waals surface area contributed by atoms with Crippen LogP contribution in [0, 0.1) is 0 Å². The summed E-state index contributed by atoms with van der Waals surface area (Å²) in [6.07, 6.45) is 0.436. The summed E-state index contributed by atoms with van der Waals surface area (Å²) >= 11 is 0. The molecule has 2 aliphatic rings. The Balaban J connectivity index is 1.23. The first kappa shape index (κ1) is 18.3. The molecule has 0 spiro atoms. The smallest absolute Gasteiger partial charge is 0.254 e. The van der Waals surface area contributed by atoms with Gasteiger partial charge in [0.15, 0.2) is 11.5 Å². The standard InChI is InChI=1S/C21H23N3O4/c25-20(22-17-4-2-1-3-5-17)8-9-23-10-12-24(13-11-23)21(26)16-6-7-18-19(14-16)28-15-27-18/h1-7,14H,8-13,15H2,(H,22,25). The van der Waals surface area contributed by atoms with E-state index in [0.29, 0.717) is 43.1 Å². The summed E-state index contributed by atoms with van der Waals surface area (Å²) in [5.74, 6) is 1.30. The number of piperazine rings is 1. The highest BCUT2D eigenvalue weighted by atomic mass is 16.7. The van der Waals surface area contributed by atoms with E-state index in [-0.39, 0.29) is 18.6 Å². The van der Waals surface area contributed by atoms with Crippen molar-refractivity contribution >= 4 is 17.5 Å². The highest BCUT2D eigenvalue weighted by molar-refractivity contribution is 5.95. The third-order valence-electron chi connectivity index (χ3n) is 4.99. The normalized spacial score (nSPS) is 16.1. The maximum absolute atomic E-state index is 12.7. The van der Waals surface area contributed by atoms with E-state index in [2.05, 4.69) is 10.2 Å². The van der Waals surface area contributed by atoms with Gasteiger partial charge in [-0.15, -0.1) is 0 Å². The first-order valence-corrected chi connectivity index (χ1v) is 9.45. The molecule has 2 aromatic rings. The molecule has 4 rings (SSSR count). The van der Waals surface area contributed by atoms with Gasteiger partial charge in [0.2, 0.25) is 12.7 Å². The Bertz CT molecular complexity index is 848. The minimum atomic E-state index is -0.000212. The molecule has 7 nitrogen and oxygen atoms in total. The molecule has 0 radical (unpaired) electrons. The molecule has 1 N–H and O–H groups in total. The van der Waals surface area contributed by atoms with Crippen LogP contribution in [0.15, 0.2) is 48.5 Å². The van der Waals surface area contributed by atoms with E-state index in [0.717, 1.165) is 18.8 Å². The Morgan fingerprint density at radius 1 is 0.929 bits per heavy atom. The van der Waals surface area contributed by atoms with Crippen LogP contribution < -0.4 is 14.8 Å². The Labute approximate surface area is 163 Å². The summed E-state index contributed by atoms with van der Waals surface area (Å²) < 4.78 is 10.6. The fraction of sp³-hybridized carbons (Fsp3) is 0.333. The monoisotopic (exact) mass is 381 g/mol. The van der Waals surface area contributed by atoms with Crippen LogP contribution in [-0.2, 0) is 4.79 Å². The maximum Gasteiger partial charge on any atom is 0.254 e. The van der Waals surface area contributed by atoms with Crippen molar-refractivity contribution in [3.8, 4) is 11.5 Å². The Morgan fingerprint density at radius 2 is 1.68 bits per heavy atom. The van der Waals surface area contributed by atoms with Gasteiger partial charge in [-0.2, -0.15) is 0 Å². The number of rotatable bonds is 5. The Kier molecular flexibility index (Phi) is 5.43. The van der Waals surface area contributed by atoms with Gasteiger partial charge in [-0.05, 0) is 30.3 Å². The average molecular weight is 381 g/mol. The summed E-state index contributed by atoms with van der Waals surface area (Å²) in [6, 6.07) is 14.7. The second-order valence-corrected chi connectivity index (χ2v) is 6.87. The van der Waals surface area contributed by atoms with Crippen molar-refractivity contribution in [2.45, 2.75) is 6.42 Å². The number of benzene rings is 2. The molecular weight excluding hydrogens is 358 g/mol. The van der Waals surface area contributed by atoms with Crippen molar-refractivity contribution in [3.05, 3.63) is 54.1 Å². The van der Waals surface area contributed by atoms with Crippen molar-refractivity contribution in [2.24, 2.45) is 0 Å². The predicted octanol–water partition coefficient (Wildman–Crippen LogP) is 2.20. The molecule has 1 fully saturated rings. The number of carbonyl (C=O) groups excluding carboxylic acids is 2. The van der Waals surface area contributed by atoms with Crippen LogP contribution in [0.5, 0.6) is 11.5 Å². The first-order chi connectivity index (χ1) is 13.7. The molecule has 0 atom stereocenters. The lowest BCUT2D eigenvalue weighted by Gasteiger charge is -2.34. The van der Waals surface area contributed by atoms with Crippen LogP contribution in [0.3, 0.4) is 0 Å². The van der Waals surface area contributed by atoms with Gasteiger partial charge in [0, 0.05) is 50.4 Å². The van der Waals surface area contributed by atoms with Crippen molar-refractivity contribution in [1.29, 1.82) is 0 Å². The number of ether oxygens (including phenoxy) is 2. The summed E-state index contributed by atoms with van der Waals surface area (Å²) in [6.45, 7) is 3.69. The zero-order chi connectivity index (χ0) is 19.3. The van der Waals surface area contributed by atoms with Gasteiger partial charge in [0.05, 0.1) is 0 Å². The molecule has 28 heavy (non-hydrogen) atoms. The molecule has 146 valence electrons. The van der Waals surface area contributed by atoms with Gasteiger partial charge in [-0.1, -0.05) is 18.2 Å². The molecule has 2 heterocycles. The third kappa shape index (κ3) is 4.26. The fourth-order valence-electron chi connectivity index (χ4n) is 3.39. The van der Waals surface area contributed by atoms with Crippen LogP contribution >= 0.6 is 0 Å². The molecule has 0 aromatic heterocycles. The van der Waals surface area contributed by atoms with Crippen LogP contribution in [0.1, 0.15) is 16.8 Å². The number of anilines is 1. The quantitative estimate of drug-likeness (QED) is 0.860. The van der Waals surface area contributed by atoms with Crippen molar-refractivity contribution in [1.82, 2.24) is 9.80 Å². The molecular formula is C21H23N3O4. The summed E-state index contributed by atoms with van der Waals surface area (Å²) in [5, 5.41) is 2.90.